The van der Waals surface area contributed by atoms with Gasteiger partial charge in [-0.3, -0.25) is 9.48 Å². The van der Waals surface area contributed by atoms with Crippen molar-refractivity contribution in [3.8, 4) is 17.3 Å². The summed E-state index contributed by atoms with van der Waals surface area (Å²) in [5.41, 5.74) is 3.45. The monoisotopic (exact) mass is 348 g/mol. The first kappa shape index (κ1) is 17.4. The maximum Gasteiger partial charge on any atom is 0.269 e. The van der Waals surface area contributed by atoms with Crippen LogP contribution in [-0.2, 0) is 13.5 Å². The van der Waals surface area contributed by atoms with E-state index in [1.165, 1.54) is 16.8 Å². The Morgan fingerprint density at radius 1 is 1.19 bits per heavy atom. The number of nitrogens with one attached hydrogen (secondary N) is 1. The lowest BCUT2D eigenvalue weighted by Crippen LogP contribution is -2.27. The molecule has 0 unspecified atom stereocenters. The first-order valence-corrected chi connectivity index (χ1v) is 8.14. The van der Waals surface area contributed by atoms with Gasteiger partial charge < -0.3 is 5.32 Å². The lowest BCUT2D eigenvalue weighted by Gasteiger charge is -2.05. The highest BCUT2D eigenvalue weighted by atomic mass is 19.1. The Labute approximate surface area is 150 Å². The zero-order chi connectivity index (χ0) is 18.5. The van der Waals surface area contributed by atoms with Gasteiger partial charge in [0.1, 0.15) is 11.5 Å². The molecule has 5 nitrogen and oxygen atoms in total. The Morgan fingerprint density at radius 2 is 1.88 bits per heavy atom. The summed E-state index contributed by atoms with van der Waals surface area (Å²) in [4.78, 5) is 12.4. The van der Waals surface area contributed by atoms with E-state index in [0.29, 0.717) is 29.9 Å². The Bertz CT molecular complexity index is 953. The first-order chi connectivity index (χ1) is 12.6. The molecule has 2 aromatic carbocycles. The van der Waals surface area contributed by atoms with Crippen LogP contribution in [0.4, 0.5) is 4.39 Å². The molecule has 3 rings (SSSR count). The Kier molecular flexibility index (Phi) is 5.09. The van der Waals surface area contributed by atoms with Crippen LogP contribution in [0, 0.1) is 17.1 Å². The van der Waals surface area contributed by atoms with Gasteiger partial charge in [-0.05, 0) is 54.4 Å². The summed E-state index contributed by atoms with van der Waals surface area (Å²) in [5.74, 6) is -0.535. The minimum Gasteiger partial charge on any atom is -0.350 e. The van der Waals surface area contributed by atoms with Crippen LogP contribution in [-0.4, -0.2) is 22.2 Å². The van der Waals surface area contributed by atoms with E-state index in [2.05, 4.69) is 16.5 Å². The third-order valence-corrected chi connectivity index (χ3v) is 4.03. The summed E-state index contributed by atoms with van der Waals surface area (Å²) in [7, 11) is 1.70. The van der Waals surface area contributed by atoms with E-state index in [4.69, 9.17) is 5.26 Å². The van der Waals surface area contributed by atoms with Crippen LogP contribution in [0.1, 0.15) is 21.6 Å². The van der Waals surface area contributed by atoms with Crippen LogP contribution in [0.5, 0.6) is 0 Å². The number of nitriles is 1. The van der Waals surface area contributed by atoms with Crippen LogP contribution in [0.3, 0.4) is 0 Å². The van der Waals surface area contributed by atoms with Crippen LogP contribution >= 0.6 is 0 Å². The zero-order valence-electron chi connectivity index (χ0n) is 14.2. The number of hydrogen-bond donors (Lipinski definition) is 1. The first-order valence-electron chi connectivity index (χ1n) is 8.14. The van der Waals surface area contributed by atoms with Gasteiger partial charge in [-0.1, -0.05) is 12.1 Å². The average Bonchev–Trinajstić information content (AvgIpc) is 3.04. The van der Waals surface area contributed by atoms with Crippen LogP contribution in [0.25, 0.3) is 11.3 Å². The molecule has 26 heavy (non-hydrogen) atoms. The van der Waals surface area contributed by atoms with Gasteiger partial charge >= 0.3 is 0 Å². The smallest absolute Gasteiger partial charge is 0.269 e. The number of benzene rings is 2. The standard InChI is InChI=1S/C20H17FN4O/c1-25-19(12-18(24-25)16-6-8-17(21)9-7-16)20(26)23-11-10-14-2-4-15(13-22)5-3-14/h2-9,12H,10-11H2,1H3,(H,23,26). The third-order valence-electron chi connectivity index (χ3n) is 4.03. The van der Waals surface area contributed by atoms with Gasteiger partial charge in [0.05, 0.1) is 17.3 Å². The van der Waals surface area contributed by atoms with E-state index in [0.717, 1.165) is 11.1 Å². The van der Waals surface area contributed by atoms with Crippen molar-refractivity contribution in [2.45, 2.75) is 6.42 Å². The van der Waals surface area contributed by atoms with Gasteiger partial charge in [0.2, 0.25) is 0 Å². The van der Waals surface area contributed by atoms with Gasteiger partial charge in [-0.2, -0.15) is 10.4 Å². The van der Waals surface area contributed by atoms with Gasteiger partial charge in [-0.15, -0.1) is 0 Å². The molecule has 0 radical (unpaired) electrons. The van der Waals surface area contributed by atoms with Gasteiger partial charge in [-0.25, -0.2) is 4.39 Å². The topological polar surface area (TPSA) is 70.7 Å². The van der Waals surface area contributed by atoms with Crippen LogP contribution in [0.2, 0.25) is 0 Å². The van der Waals surface area contributed by atoms with Crippen molar-refractivity contribution in [1.82, 2.24) is 15.1 Å². The molecular formula is C20H17FN4O. The van der Waals surface area contributed by atoms with E-state index in [-0.39, 0.29) is 11.7 Å². The molecule has 0 spiro atoms. The summed E-state index contributed by atoms with van der Waals surface area (Å²) in [5, 5.41) is 16.0. The number of aromatic nitrogens is 2. The number of aryl methyl sites for hydroxylation is 1. The fraction of sp³-hybridized carbons (Fsp3) is 0.150. The number of halogens is 1. The second kappa shape index (κ2) is 7.62. The predicted molar refractivity (Wildman–Crippen MR) is 95.8 cm³/mol. The summed E-state index contributed by atoms with van der Waals surface area (Å²) in [6.07, 6.45) is 0.667. The molecule has 0 aliphatic heterocycles. The molecule has 0 saturated heterocycles. The van der Waals surface area contributed by atoms with Crippen molar-refractivity contribution in [2.24, 2.45) is 7.05 Å². The van der Waals surface area contributed by atoms with E-state index in [9.17, 15) is 9.18 Å². The lowest BCUT2D eigenvalue weighted by molar-refractivity contribution is 0.0944. The van der Waals surface area contributed by atoms with Crippen LogP contribution < -0.4 is 5.32 Å². The van der Waals surface area contributed by atoms with Gasteiger partial charge in [0.25, 0.3) is 5.91 Å². The van der Waals surface area contributed by atoms with E-state index in [1.54, 1.807) is 37.4 Å². The summed E-state index contributed by atoms with van der Waals surface area (Å²) in [6, 6.07) is 17.0. The second-order valence-electron chi connectivity index (χ2n) is 5.86. The molecule has 0 bridgehead atoms. The van der Waals surface area contributed by atoms with Crippen molar-refractivity contribution >= 4 is 5.91 Å². The minimum atomic E-state index is -0.314. The lowest BCUT2D eigenvalue weighted by atomic mass is 10.1. The number of carbonyl (C=O) groups is 1. The predicted octanol–water partition coefficient (Wildman–Crippen LogP) is 3.07. The summed E-state index contributed by atoms with van der Waals surface area (Å²) in [6.45, 7) is 0.474. The van der Waals surface area contributed by atoms with Crippen LogP contribution in [0.15, 0.2) is 54.6 Å². The molecule has 0 saturated carbocycles. The Morgan fingerprint density at radius 3 is 2.54 bits per heavy atom. The number of hydrogen-bond acceptors (Lipinski definition) is 3. The van der Waals surface area contributed by atoms with E-state index >= 15 is 0 Å². The second-order valence-corrected chi connectivity index (χ2v) is 5.86. The fourth-order valence-electron chi connectivity index (χ4n) is 2.60. The highest BCUT2D eigenvalue weighted by Gasteiger charge is 2.14. The zero-order valence-corrected chi connectivity index (χ0v) is 14.2. The molecular weight excluding hydrogens is 331 g/mol. The van der Waals surface area contributed by atoms with E-state index in [1.807, 2.05) is 12.1 Å². The quantitative estimate of drug-likeness (QED) is 0.770. The highest BCUT2D eigenvalue weighted by molar-refractivity contribution is 5.93. The fourth-order valence-corrected chi connectivity index (χ4v) is 2.60. The largest absolute Gasteiger partial charge is 0.350 e. The van der Waals surface area contributed by atoms with Crippen molar-refractivity contribution in [3.63, 3.8) is 0 Å². The molecule has 3 aromatic rings. The molecule has 0 fully saturated rings. The van der Waals surface area contributed by atoms with Crippen molar-refractivity contribution in [2.75, 3.05) is 6.54 Å². The molecule has 0 atom stereocenters. The highest BCUT2D eigenvalue weighted by Crippen LogP contribution is 2.19. The molecule has 1 amide bonds. The molecule has 1 heterocycles. The van der Waals surface area contributed by atoms with Crippen molar-refractivity contribution < 1.29 is 9.18 Å². The summed E-state index contributed by atoms with van der Waals surface area (Å²) < 4.78 is 14.5. The average molecular weight is 348 g/mol. The molecule has 0 aliphatic rings. The molecule has 0 aliphatic carbocycles. The number of rotatable bonds is 5. The Balaban J connectivity index is 1.62. The maximum atomic E-state index is 13.0. The SMILES string of the molecule is Cn1nc(-c2ccc(F)cc2)cc1C(=O)NCCc1ccc(C#N)cc1. The normalized spacial score (nSPS) is 10.3. The van der Waals surface area contributed by atoms with Crippen molar-refractivity contribution in [1.29, 1.82) is 5.26 Å². The molecule has 6 heteroatoms. The maximum absolute atomic E-state index is 13.0. The van der Waals surface area contributed by atoms with Gasteiger partial charge in [0, 0.05) is 19.2 Å². The van der Waals surface area contributed by atoms with Gasteiger partial charge in [0.15, 0.2) is 0 Å². The van der Waals surface area contributed by atoms with Crippen molar-refractivity contribution in [3.05, 3.63) is 77.2 Å². The number of nitrogens with zero attached hydrogens (tertiary/aromatic N) is 3. The summed E-state index contributed by atoms with van der Waals surface area (Å²) >= 11 is 0. The number of carbonyl (C=O) groups excluding carboxylic acids is 1. The third kappa shape index (κ3) is 3.95. The van der Waals surface area contributed by atoms with E-state index < -0.39 is 0 Å². The Hall–Kier alpha value is -3.46. The molecule has 130 valence electrons. The molecule has 1 aromatic heterocycles. The number of amides is 1. The molecule has 1 N–H and O–H groups in total. The minimum absolute atomic E-state index is 0.220.